The molecule has 0 spiro atoms. The zero-order valence-corrected chi connectivity index (χ0v) is 24.9. The van der Waals surface area contributed by atoms with Crippen LogP contribution in [0.2, 0.25) is 0 Å². The van der Waals surface area contributed by atoms with Gasteiger partial charge in [0.15, 0.2) is 0 Å². The van der Waals surface area contributed by atoms with Crippen LogP contribution in [0.1, 0.15) is 175 Å². The predicted molar refractivity (Wildman–Crippen MR) is 153 cm³/mol. The van der Waals surface area contributed by atoms with Crippen molar-refractivity contribution >= 4 is 10.4 Å². The van der Waals surface area contributed by atoms with Crippen molar-refractivity contribution in [3.8, 4) is 0 Å². The third-order valence-corrected chi connectivity index (χ3v) is 7.28. The van der Waals surface area contributed by atoms with Crippen LogP contribution in [0.15, 0.2) is 0 Å². The van der Waals surface area contributed by atoms with E-state index in [1.165, 1.54) is 135 Å². The Kier molecular flexibility index (Phi) is 28.4. The van der Waals surface area contributed by atoms with Crippen LogP contribution in [0, 0.1) is 0 Å². The lowest BCUT2D eigenvalue weighted by Crippen LogP contribution is -2.39. The summed E-state index contributed by atoms with van der Waals surface area (Å²) in [7, 11) is -4.20. The maximum absolute atomic E-state index is 9.84. The second-order valence-electron chi connectivity index (χ2n) is 10.5. The van der Waals surface area contributed by atoms with Crippen LogP contribution in [0.5, 0.6) is 0 Å². The normalized spacial score (nSPS) is 11.9. The average Bonchev–Trinajstić information content (AvgIpc) is 2.81. The number of unbranched alkanes of at least 4 members (excludes halogenated alkanes) is 16. The zero-order valence-electron chi connectivity index (χ0n) is 24.1. The summed E-state index contributed by atoms with van der Waals surface area (Å²) >= 11 is 0. The number of rotatable bonds is 25. The summed E-state index contributed by atoms with van der Waals surface area (Å²) in [5.41, 5.74) is 7.06. The number of nitrogens with two attached hydrogens (primary N) is 1. The van der Waals surface area contributed by atoms with Crippen LogP contribution in [-0.4, -0.2) is 25.1 Å². The SMILES string of the molecule is CCCCCCCCC(N)(CCCCCCCC)CCCCCCCC.CCCCOS(=O)(=O)O. The fourth-order valence-corrected chi connectivity index (χ4v) is 4.78. The van der Waals surface area contributed by atoms with Crippen LogP contribution in [0.4, 0.5) is 0 Å². The van der Waals surface area contributed by atoms with Crippen LogP contribution < -0.4 is 5.73 Å². The van der Waals surface area contributed by atoms with Gasteiger partial charge in [-0.15, -0.1) is 0 Å². The van der Waals surface area contributed by atoms with Gasteiger partial charge in [-0.3, -0.25) is 4.55 Å². The standard InChI is InChI=1S/C25H53N.C4H10O4S/c1-4-7-10-13-16-19-22-25(26,23-20-17-14-11-8-5-2)24-21-18-15-12-9-6-3;1-2-3-4-8-9(5,6)7/h4-24,26H2,1-3H3;2-4H2,1H3,(H,5,6,7). The summed E-state index contributed by atoms with van der Waals surface area (Å²) in [5, 5.41) is 0. The molecule has 0 aromatic heterocycles. The van der Waals surface area contributed by atoms with E-state index in [0.29, 0.717) is 6.42 Å². The summed E-state index contributed by atoms with van der Waals surface area (Å²) in [6.45, 7) is 8.85. The lowest BCUT2D eigenvalue weighted by molar-refractivity contribution is 0.264. The van der Waals surface area contributed by atoms with E-state index < -0.39 is 10.4 Å². The minimum absolute atomic E-state index is 0.0648. The maximum atomic E-state index is 9.84. The molecule has 0 rings (SSSR count). The first-order valence-corrected chi connectivity index (χ1v) is 16.5. The zero-order chi connectivity index (χ0) is 26.7. The van der Waals surface area contributed by atoms with E-state index in [9.17, 15) is 8.42 Å². The molecule has 0 unspecified atom stereocenters. The largest absolute Gasteiger partial charge is 0.397 e. The van der Waals surface area contributed by atoms with Crippen LogP contribution in [-0.2, 0) is 14.6 Å². The first-order chi connectivity index (χ1) is 16.7. The van der Waals surface area contributed by atoms with Crippen molar-refractivity contribution in [3.63, 3.8) is 0 Å². The minimum Gasteiger partial charge on any atom is -0.325 e. The van der Waals surface area contributed by atoms with Gasteiger partial charge in [-0.05, 0) is 25.7 Å². The molecule has 0 saturated carbocycles. The van der Waals surface area contributed by atoms with Gasteiger partial charge in [0.05, 0.1) is 6.61 Å². The Morgan fingerprint density at radius 3 is 1.11 bits per heavy atom. The van der Waals surface area contributed by atoms with Crippen molar-refractivity contribution in [2.45, 2.75) is 181 Å². The number of hydrogen-bond acceptors (Lipinski definition) is 4. The average molecular weight is 522 g/mol. The van der Waals surface area contributed by atoms with Crippen LogP contribution >= 0.6 is 0 Å². The maximum Gasteiger partial charge on any atom is 0.397 e. The number of hydrogen-bond donors (Lipinski definition) is 2. The third-order valence-electron chi connectivity index (χ3n) is 6.81. The summed E-state index contributed by atoms with van der Waals surface area (Å²) in [5.74, 6) is 0. The van der Waals surface area contributed by atoms with E-state index in [1.54, 1.807) is 0 Å². The van der Waals surface area contributed by atoms with Crippen LogP contribution in [0.25, 0.3) is 0 Å². The molecule has 0 heterocycles. The van der Waals surface area contributed by atoms with Crippen molar-refractivity contribution in [2.75, 3.05) is 6.61 Å². The molecule has 0 fully saturated rings. The topological polar surface area (TPSA) is 89.6 Å². The molecule has 0 radical (unpaired) electrons. The van der Waals surface area contributed by atoms with E-state index in [4.69, 9.17) is 10.3 Å². The third kappa shape index (κ3) is 31.8. The highest BCUT2D eigenvalue weighted by molar-refractivity contribution is 7.80. The van der Waals surface area contributed by atoms with Crippen LogP contribution in [0.3, 0.4) is 0 Å². The Morgan fingerprint density at radius 2 is 0.829 bits per heavy atom. The highest BCUT2D eigenvalue weighted by Crippen LogP contribution is 2.27. The Hall–Kier alpha value is -0.170. The van der Waals surface area contributed by atoms with Gasteiger partial charge in [0.1, 0.15) is 0 Å². The molecule has 0 atom stereocenters. The molecule has 0 aliphatic carbocycles. The molecule has 0 aliphatic heterocycles. The van der Waals surface area contributed by atoms with E-state index in [-0.39, 0.29) is 12.1 Å². The van der Waals surface area contributed by atoms with E-state index >= 15 is 0 Å². The molecule has 6 heteroatoms. The summed E-state index contributed by atoms with van der Waals surface area (Å²) < 4.78 is 31.7. The van der Waals surface area contributed by atoms with Crippen molar-refractivity contribution in [2.24, 2.45) is 5.73 Å². The molecule has 0 bridgehead atoms. The molecule has 0 aromatic carbocycles. The second kappa shape index (κ2) is 26.9. The molecule has 0 aliphatic rings. The highest BCUT2D eigenvalue weighted by atomic mass is 32.3. The smallest absolute Gasteiger partial charge is 0.325 e. The monoisotopic (exact) mass is 521 g/mol. The molecule has 0 saturated heterocycles. The van der Waals surface area contributed by atoms with Crippen molar-refractivity contribution in [3.05, 3.63) is 0 Å². The fourth-order valence-electron chi connectivity index (χ4n) is 4.46. The van der Waals surface area contributed by atoms with Crippen molar-refractivity contribution in [1.82, 2.24) is 0 Å². The molecule has 5 nitrogen and oxygen atoms in total. The van der Waals surface area contributed by atoms with Gasteiger partial charge in [0.25, 0.3) is 0 Å². The summed E-state index contributed by atoms with van der Waals surface area (Å²) in [6, 6.07) is 0. The predicted octanol–water partition coefficient (Wildman–Crippen LogP) is 9.54. The molecular weight excluding hydrogens is 458 g/mol. The lowest BCUT2D eigenvalue weighted by atomic mass is 9.82. The van der Waals surface area contributed by atoms with Gasteiger partial charge in [0.2, 0.25) is 0 Å². The van der Waals surface area contributed by atoms with Gasteiger partial charge in [-0.1, -0.05) is 150 Å². The Balaban J connectivity index is 0. The van der Waals surface area contributed by atoms with Gasteiger partial charge in [0, 0.05) is 5.54 Å². The van der Waals surface area contributed by atoms with Gasteiger partial charge in [-0.2, -0.15) is 8.42 Å². The van der Waals surface area contributed by atoms with Crippen molar-refractivity contribution < 1.29 is 17.2 Å². The first-order valence-electron chi connectivity index (χ1n) is 15.1. The lowest BCUT2D eigenvalue weighted by Gasteiger charge is -2.30. The molecule has 35 heavy (non-hydrogen) atoms. The Morgan fingerprint density at radius 1 is 0.543 bits per heavy atom. The summed E-state index contributed by atoms with van der Waals surface area (Å²) in [6.07, 6.45) is 30.3. The molecule has 0 aromatic rings. The van der Waals surface area contributed by atoms with Gasteiger partial charge >= 0.3 is 10.4 Å². The Labute approximate surface area is 220 Å². The van der Waals surface area contributed by atoms with Gasteiger partial charge < -0.3 is 5.73 Å². The quantitative estimate of drug-likeness (QED) is 0.0921. The van der Waals surface area contributed by atoms with Gasteiger partial charge in [-0.25, -0.2) is 4.18 Å². The van der Waals surface area contributed by atoms with E-state index in [0.717, 1.165) is 6.42 Å². The van der Waals surface area contributed by atoms with E-state index in [1.807, 2.05) is 6.92 Å². The molecular formula is C29H63NO4S. The van der Waals surface area contributed by atoms with Crippen molar-refractivity contribution in [1.29, 1.82) is 0 Å². The molecule has 214 valence electrons. The van der Waals surface area contributed by atoms with E-state index in [2.05, 4.69) is 25.0 Å². The Bertz CT molecular complexity index is 470. The molecule has 3 N–H and O–H groups in total. The minimum atomic E-state index is -4.20. The highest BCUT2D eigenvalue weighted by Gasteiger charge is 2.23. The first kappa shape index (κ1) is 37.0. The fraction of sp³-hybridized carbons (Fsp3) is 1.00. The molecule has 0 amide bonds. The summed E-state index contributed by atoms with van der Waals surface area (Å²) in [4.78, 5) is 0. The second-order valence-corrected chi connectivity index (χ2v) is 11.6.